The Morgan fingerprint density at radius 1 is 1.29 bits per heavy atom. The Morgan fingerprint density at radius 3 is 2.57 bits per heavy atom. The topological polar surface area (TPSA) is 32.8 Å². The van der Waals surface area contributed by atoms with Crippen LogP contribution in [-0.2, 0) is 9.53 Å². The van der Waals surface area contributed by atoms with Crippen molar-refractivity contribution < 1.29 is 9.53 Å². The van der Waals surface area contributed by atoms with Crippen molar-refractivity contribution in [2.45, 2.75) is 18.7 Å². The number of aryl methyl sites for hydroxylation is 1. The lowest BCUT2D eigenvalue weighted by Gasteiger charge is -2.37. The number of carbonyl (C=O) groups excluding carboxylic acids is 1. The van der Waals surface area contributed by atoms with Crippen LogP contribution >= 0.6 is 15.9 Å². The highest BCUT2D eigenvalue weighted by Crippen LogP contribution is 2.24. The van der Waals surface area contributed by atoms with Crippen molar-refractivity contribution in [3.05, 3.63) is 29.3 Å². The van der Waals surface area contributed by atoms with Crippen molar-refractivity contribution in [3.8, 4) is 0 Å². The number of ether oxygens (including phenoxy) is 1. The Morgan fingerprint density at radius 2 is 1.95 bits per heavy atom. The Bertz CT molecular complexity index is 499. The van der Waals surface area contributed by atoms with Gasteiger partial charge in [-0.3, -0.25) is 9.69 Å². The molecule has 1 aromatic carbocycles. The summed E-state index contributed by atoms with van der Waals surface area (Å²) >= 11 is 3.39. The SMILES string of the molecule is COC(=O)C(Br)CN1CCN(c2cccc(C)c2C)CC1. The third-order valence-electron chi connectivity index (χ3n) is 4.16. The van der Waals surface area contributed by atoms with E-state index in [0.29, 0.717) is 6.54 Å². The molecule has 0 radical (unpaired) electrons. The molecule has 2 rings (SSSR count). The highest BCUT2D eigenvalue weighted by atomic mass is 79.9. The van der Waals surface area contributed by atoms with Crippen molar-refractivity contribution in [3.63, 3.8) is 0 Å². The Kier molecular flexibility index (Phi) is 5.65. The number of hydrogen-bond donors (Lipinski definition) is 0. The molecule has 4 nitrogen and oxygen atoms in total. The minimum atomic E-state index is -0.241. The second kappa shape index (κ2) is 7.27. The second-order valence-corrected chi connectivity index (χ2v) is 6.60. The molecule has 0 aromatic heterocycles. The van der Waals surface area contributed by atoms with Crippen LogP contribution in [0.1, 0.15) is 11.1 Å². The van der Waals surface area contributed by atoms with Crippen molar-refractivity contribution in [2.75, 3.05) is 44.7 Å². The second-order valence-electron chi connectivity index (χ2n) is 5.50. The number of halogens is 1. The molecule has 21 heavy (non-hydrogen) atoms. The van der Waals surface area contributed by atoms with Gasteiger partial charge in [0.15, 0.2) is 0 Å². The molecule has 1 fully saturated rings. The van der Waals surface area contributed by atoms with E-state index in [1.807, 2.05) is 0 Å². The number of anilines is 1. The molecule has 0 spiro atoms. The number of rotatable bonds is 4. The van der Waals surface area contributed by atoms with Crippen LogP contribution < -0.4 is 4.90 Å². The van der Waals surface area contributed by atoms with Gasteiger partial charge in [0.2, 0.25) is 0 Å². The summed E-state index contributed by atoms with van der Waals surface area (Å²) in [5.74, 6) is -0.202. The van der Waals surface area contributed by atoms with E-state index in [4.69, 9.17) is 4.74 Å². The van der Waals surface area contributed by atoms with Crippen LogP contribution in [0.2, 0.25) is 0 Å². The first-order chi connectivity index (χ1) is 10.0. The summed E-state index contributed by atoms with van der Waals surface area (Å²) in [5, 5.41) is 0. The Hall–Kier alpha value is -1.07. The number of alkyl halides is 1. The summed E-state index contributed by atoms with van der Waals surface area (Å²) in [5.41, 5.74) is 4.03. The Balaban J connectivity index is 1.91. The summed E-state index contributed by atoms with van der Waals surface area (Å²) in [6.07, 6.45) is 0. The zero-order valence-electron chi connectivity index (χ0n) is 12.9. The van der Waals surface area contributed by atoms with E-state index in [2.05, 4.69) is 57.8 Å². The fraction of sp³-hybridized carbons (Fsp3) is 0.562. The lowest BCUT2D eigenvalue weighted by atomic mass is 10.1. The predicted octanol–water partition coefficient (Wildman–Crippen LogP) is 2.36. The Labute approximate surface area is 135 Å². The lowest BCUT2D eigenvalue weighted by Crippen LogP contribution is -2.49. The van der Waals surface area contributed by atoms with Gasteiger partial charge < -0.3 is 9.64 Å². The summed E-state index contributed by atoms with van der Waals surface area (Å²) in [4.78, 5) is 15.9. The van der Waals surface area contributed by atoms with Crippen molar-refractivity contribution in [1.82, 2.24) is 4.90 Å². The van der Waals surface area contributed by atoms with Crippen molar-refractivity contribution in [2.24, 2.45) is 0 Å². The molecule has 0 N–H and O–H groups in total. The molecule has 1 atom stereocenters. The molecule has 1 aromatic rings. The summed E-state index contributed by atoms with van der Waals surface area (Å²) < 4.78 is 4.75. The maximum Gasteiger partial charge on any atom is 0.320 e. The number of esters is 1. The van der Waals surface area contributed by atoms with Crippen LogP contribution in [-0.4, -0.2) is 55.5 Å². The first kappa shape index (κ1) is 16.3. The maximum atomic E-state index is 11.4. The van der Waals surface area contributed by atoms with Crippen LogP contribution in [0.5, 0.6) is 0 Å². The molecule has 1 saturated heterocycles. The standard InChI is InChI=1S/C16H23BrN2O2/c1-12-5-4-6-15(13(12)2)19-9-7-18(8-10-19)11-14(17)16(20)21-3/h4-6,14H,7-11H2,1-3H3. The van der Waals surface area contributed by atoms with Crippen LogP contribution in [0.25, 0.3) is 0 Å². The molecule has 0 bridgehead atoms. The van der Waals surface area contributed by atoms with Crippen molar-refractivity contribution >= 4 is 27.6 Å². The van der Waals surface area contributed by atoms with Gasteiger partial charge in [-0.2, -0.15) is 0 Å². The monoisotopic (exact) mass is 354 g/mol. The zero-order chi connectivity index (χ0) is 15.4. The van der Waals surface area contributed by atoms with Gasteiger partial charge in [0.05, 0.1) is 7.11 Å². The fourth-order valence-electron chi connectivity index (χ4n) is 2.68. The highest BCUT2D eigenvalue weighted by Gasteiger charge is 2.23. The summed E-state index contributed by atoms with van der Waals surface area (Å²) in [6.45, 7) is 8.95. The van der Waals surface area contributed by atoms with Crippen LogP contribution in [0.15, 0.2) is 18.2 Å². The third-order valence-corrected chi connectivity index (χ3v) is 4.83. The molecular weight excluding hydrogens is 332 g/mol. The van der Waals surface area contributed by atoms with Gasteiger partial charge in [-0.15, -0.1) is 0 Å². The minimum absolute atomic E-state index is 0.202. The quantitative estimate of drug-likeness (QED) is 0.613. The van der Waals surface area contributed by atoms with Crippen molar-refractivity contribution in [1.29, 1.82) is 0 Å². The lowest BCUT2D eigenvalue weighted by molar-refractivity contribution is -0.140. The highest BCUT2D eigenvalue weighted by molar-refractivity contribution is 9.10. The molecule has 0 amide bonds. The van der Waals surface area contributed by atoms with Crippen LogP contribution in [0, 0.1) is 13.8 Å². The predicted molar refractivity (Wildman–Crippen MR) is 89.3 cm³/mol. The molecule has 116 valence electrons. The van der Waals surface area contributed by atoms with Gasteiger partial charge >= 0.3 is 5.97 Å². The molecular formula is C16H23BrN2O2. The number of piperazine rings is 1. The summed E-state index contributed by atoms with van der Waals surface area (Å²) in [7, 11) is 1.43. The number of nitrogens with zero attached hydrogens (tertiary/aromatic N) is 2. The number of hydrogen-bond acceptors (Lipinski definition) is 4. The van der Waals surface area contributed by atoms with E-state index in [9.17, 15) is 4.79 Å². The van der Waals surface area contributed by atoms with Crippen LogP contribution in [0.3, 0.4) is 0 Å². The number of benzene rings is 1. The van der Waals surface area contributed by atoms with Gasteiger partial charge in [-0.25, -0.2) is 0 Å². The first-order valence-corrected chi connectivity index (χ1v) is 8.20. The fourth-order valence-corrected chi connectivity index (χ4v) is 3.28. The van der Waals surface area contributed by atoms with Gasteiger partial charge in [0.25, 0.3) is 0 Å². The van der Waals surface area contributed by atoms with E-state index < -0.39 is 0 Å². The molecule has 1 heterocycles. The van der Waals surface area contributed by atoms with E-state index in [1.54, 1.807) is 0 Å². The average molecular weight is 355 g/mol. The largest absolute Gasteiger partial charge is 0.468 e. The molecule has 1 unspecified atom stereocenters. The average Bonchev–Trinajstić information content (AvgIpc) is 2.50. The zero-order valence-corrected chi connectivity index (χ0v) is 14.5. The molecule has 1 aliphatic heterocycles. The van der Waals surface area contributed by atoms with E-state index in [0.717, 1.165) is 26.2 Å². The van der Waals surface area contributed by atoms with Gasteiger partial charge in [0.1, 0.15) is 4.83 Å². The van der Waals surface area contributed by atoms with Crippen LogP contribution in [0.4, 0.5) is 5.69 Å². The molecule has 0 aliphatic carbocycles. The van der Waals surface area contributed by atoms with Gasteiger partial charge in [-0.05, 0) is 31.0 Å². The van der Waals surface area contributed by atoms with E-state index in [-0.39, 0.29) is 10.8 Å². The number of methoxy groups -OCH3 is 1. The molecule has 1 aliphatic rings. The minimum Gasteiger partial charge on any atom is -0.468 e. The smallest absolute Gasteiger partial charge is 0.320 e. The van der Waals surface area contributed by atoms with Gasteiger partial charge in [-0.1, -0.05) is 28.1 Å². The van der Waals surface area contributed by atoms with E-state index in [1.165, 1.54) is 23.9 Å². The third kappa shape index (κ3) is 3.98. The normalized spacial score (nSPS) is 17.6. The van der Waals surface area contributed by atoms with Gasteiger partial charge in [0, 0.05) is 38.4 Å². The maximum absolute atomic E-state index is 11.4. The summed E-state index contributed by atoms with van der Waals surface area (Å²) in [6, 6.07) is 6.47. The molecule has 5 heteroatoms. The molecule has 0 saturated carbocycles. The number of carbonyl (C=O) groups is 1. The first-order valence-electron chi connectivity index (χ1n) is 7.28. The van der Waals surface area contributed by atoms with E-state index >= 15 is 0 Å².